The first kappa shape index (κ1) is 22.7. The monoisotopic (exact) mass is 372 g/mol. The molecule has 1 rings (SSSR count). The smallest absolute Gasteiger partial charge is 0.227 e. The molecule has 0 fully saturated rings. The van der Waals surface area contributed by atoms with Gasteiger partial charge >= 0.3 is 0 Å². The van der Waals surface area contributed by atoms with E-state index in [1.165, 1.54) is 33.1 Å². The maximum absolute atomic E-state index is 12.3. The highest BCUT2D eigenvalue weighted by Gasteiger charge is 2.29. The molecule has 0 aromatic carbocycles. The van der Waals surface area contributed by atoms with Gasteiger partial charge < -0.3 is 9.47 Å². The zero-order valence-corrected chi connectivity index (χ0v) is 16.7. The van der Waals surface area contributed by atoms with Gasteiger partial charge in [-0.05, 0) is 38.5 Å². The molecule has 0 saturated heterocycles. The minimum Gasteiger partial charge on any atom is -0.493 e. The maximum Gasteiger partial charge on any atom is 0.227 e. The normalized spacial score (nSPS) is 15.0. The van der Waals surface area contributed by atoms with E-state index in [9.17, 15) is 9.59 Å². The largest absolute Gasteiger partial charge is 0.493 e. The topological polar surface area (TPSA) is 52.6 Å². The molecule has 0 aliphatic heterocycles. The van der Waals surface area contributed by atoms with Gasteiger partial charge in [0.25, 0.3) is 0 Å². The van der Waals surface area contributed by atoms with E-state index < -0.39 is 0 Å². The van der Waals surface area contributed by atoms with Gasteiger partial charge in [0, 0.05) is 11.6 Å². The lowest BCUT2D eigenvalue weighted by Gasteiger charge is -2.17. The quantitative estimate of drug-likeness (QED) is 0.233. The Morgan fingerprint density at radius 2 is 1.56 bits per heavy atom. The molecule has 0 bridgehead atoms. The molecular formula is C23H32O4. The van der Waals surface area contributed by atoms with Gasteiger partial charge in [-0.25, -0.2) is 0 Å². The molecule has 0 aromatic rings. The number of methoxy groups -OCH3 is 2. The lowest BCUT2D eigenvalue weighted by atomic mass is 9.94. The van der Waals surface area contributed by atoms with Crippen molar-refractivity contribution in [2.45, 2.75) is 57.8 Å². The van der Waals surface area contributed by atoms with Gasteiger partial charge in [0.15, 0.2) is 11.5 Å². The fourth-order valence-electron chi connectivity index (χ4n) is 2.93. The molecule has 4 nitrogen and oxygen atoms in total. The third kappa shape index (κ3) is 8.25. The Kier molecular flexibility index (Phi) is 11.6. The van der Waals surface area contributed by atoms with Crippen molar-refractivity contribution in [3.8, 4) is 0 Å². The number of hydrogen-bond acceptors (Lipinski definition) is 4. The summed E-state index contributed by atoms with van der Waals surface area (Å²) in [5, 5.41) is 0. The number of rotatable bonds is 14. The van der Waals surface area contributed by atoms with Crippen molar-refractivity contribution in [3.63, 3.8) is 0 Å². The average Bonchev–Trinajstić information content (AvgIpc) is 2.67. The van der Waals surface area contributed by atoms with Crippen molar-refractivity contribution in [2.24, 2.45) is 0 Å². The van der Waals surface area contributed by atoms with Crippen LogP contribution in [0.3, 0.4) is 0 Å². The van der Waals surface area contributed by atoms with Gasteiger partial charge in [-0.1, -0.05) is 49.6 Å². The highest BCUT2D eigenvalue weighted by atomic mass is 16.5. The summed E-state index contributed by atoms with van der Waals surface area (Å²) < 4.78 is 10.1. The second-order valence-corrected chi connectivity index (χ2v) is 6.43. The van der Waals surface area contributed by atoms with E-state index in [1.54, 1.807) is 0 Å². The van der Waals surface area contributed by atoms with Crippen LogP contribution in [0.15, 0.2) is 60.1 Å². The number of ketones is 2. The third-order valence-corrected chi connectivity index (χ3v) is 4.39. The van der Waals surface area contributed by atoms with Crippen LogP contribution in [0.4, 0.5) is 0 Å². The molecule has 1 aliphatic rings. The van der Waals surface area contributed by atoms with Gasteiger partial charge in [-0.2, -0.15) is 0 Å². The Labute approximate surface area is 163 Å². The maximum atomic E-state index is 12.3. The molecule has 0 heterocycles. The summed E-state index contributed by atoms with van der Waals surface area (Å²) in [6, 6.07) is 0. The van der Waals surface area contributed by atoms with E-state index >= 15 is 0 Å². The summed E-state index contributed by atoms with van der Waals surface area (Å²) in [5.74, 6) is -0.272. The first-order valence-corrected chi connectivity index (χ1v) is 9.68. The van der Waals surface area contributed by atoms with Crippen LogP contribution in [-0.4, -0.2) is 25.8 Å². The van der Waals surface area contributed by atoms with E-state index in [0.29, 0.717) is 12.0 Å². The lowest BCUT2D eigenvalue weighted by molar-refractivity contribution is -0.120. The molecular weight excluding hydrogens is 340 g/mol. The first-order valence-electron chi connectivity index (χ1n) is 9.68. The van der Waals surface area contributed by atoms with Crippen LogP contribution in [0.5, 0.6) is 0 Å². The van der Waals surface area contributed by atoms with Gasteiger partial charge in [0.2, 0.25) is 11.6 Å². The van der Waals surface area contributed by atoms with Crippen molar-refractivity contribution in [1.82, 2.24) is 0 Å². The SMILES string of the molecule is C=CC/C=C\C/C=C\CCCCCCCC1=C(OC)C(=O)C=C(OC)C1=O. The number of carbonyl (C=O) groups excluding carboxylic acids is 2. The van der Waals surface area contributed by atoms with Gasteiger partial charge in [0.05, 0.1) is 14.2 Å². The average molecular weight is 373 g/mol. The molecule has 1 aliphatic carbocycles. The summed E-state index contributed by atoms with van der Waals surface area (Å²) in [6.07, 6.45) is 20.7. The van der Waals surface area contributed by atoms with E-state index in [-0.39, 0.29) is 23.1 Å². The summed E-state index contributed by atoms with van der Waals surface area (Å²) in [4.78, 5) is 24.3. The van der Waals surface area contributed by atoms with Crippen molar-refractivity contribution in [2.75, 3.05) is 14.2 Å². The Hall–Kier alpha value is -2.36. The number of carbonyl (C=O) groups is 2. The fourth-order valence-corrected chi connectivity index (χ4v) is 2.93. The summed E-state index contributed by atoms with van der Waals surface area (Å²) >= 11 is 0. The van der Waals surface area contributed by atoms with E-state index in [0.717, 1.165) is 38.5 Å². The van der Waals surface area contributed by atoms with E-state index in [1.807, 2.05) is 6.08 Å². The van der Waals surface area contributed by atoms with Crippen molar-refractivity contribution in [3.05, 3.63) is 60.1 Å². The van der Waals surface area contributed by atoms with Crippen LogP contribution in [0.2, 0.25) is 0 Å². The molecule has 4 heteroatoms. The van der Waals surface area contributed by atoms with Gasteiger partial charge in [0.1, 0.15) is 0 Å². The van der Waals surface area contributed by atoms with Gasteiger partial charge in [-0.15, -0.1) is 6.58 Å². The predicted molar refractivity (Wildman–Crippen MR) is 109 cm³/mol. The van der Waals surface area contributed by atoms with Crippen LogP contribution in [0, 0.1) is 0 Å². The number of Topliss-reactive ketones (excluding diaryl/α,β-unsaturated/α-hetero) is 1. The summed E-state index contributed by atoms with van der Waals surface area (Å²) in [6.45, 7) is 3.68. The number of unbranched alkanes of at least 4 members (excludes halogenated alkanes) is 5. The van der Waals surface area contributed by atoms with E-state index in [2.05, 4.69) is 30.9 Å². The van der Waals surface area contributed by atoms with Crippen LogP contribution < -0.4 is 0 Å². The Morgan fingerprint density at radius 3 is 2.26 bits per heavy atom. The zero-order chi connectivity index (χ0) is 19.9. The van der Waals surface area contributed by atoms with Gasteiger partial charge in [-0.3, -0.25) is 9.59 Å². The van der Waals surface area contributed by atoms with Crippen molar-refractivity contribution >= 4 is 11.6 Å². The molecule has 27 heavy (non-hydrogen) atoms. The standard InChI is InChI=1S/C23H32O4/c1-4-5-6-7-8-9-10-11-12-13-14-15-16-17-19-22(25)21(26-2)18-20(24)23(19)27-3/h4,6-7,9-10,18H,1,5,8,11-17H2,2-3H3/b7-6-,10-9-. The summed E-state index contributed by atoms with van der Waals surface area (Å²) in [5.41, 5.74) is 0.439. The van der Waals surface area contributed by atoms with Crippen LogP contribution in [0.25, 0.3) is 0 Å². The molecule has 0 atom stereocenters. The highest BCUT2D eigenvalue weighted by molar-refractivity contribution is 6.21. The van der Waals surface area contributed by atoms with Crippen molar-refractivity contribution < 1.29 is 19.1 Å². The molecule has 0 amide bonds. The Bertz CT molecular complexity index is 620. The molecule has 0 saturated carbocycles. The number of allylic oxidation sites excluding steroid dienone is 7. The number of ether oxygens (including phenoxy) is 2. The fraction of sp³-hybridized carbons (Fsp3) is 0.478. The minimum atomic E-state index is -0.296. The minimum absolute atomic E-state index is 0.0990. The Morgan fingerprint density at radius 1 is 0.889 bits per heavy atom. The first-order chi connectivity index (χ1) is 13.2. The lowest BCUT2D eigenvalue weighted by Crippen LogP contribution is -2.21. The Balaban J connectivity index is 2.22. The molecule has 0 spiro atoms. The zero-order valence-electron chi connectivity index (χ0n) is 16.7. The number of hydrogen-bond donors (Lipinski definition) is 0. The van der Waals surface area contributed by atoms with Crippen LogP contribution in [0.1, 0.15) is 57.8 Å². The molecule has 0 unspecified atom stereocenters. The van der Waals surface area contributed by atoms with E-state index in [4.69, 9.17) is 9.47 Å². The predicted octanol–water partition coefficient (Wildman–Crippen LogP) is 5.38. The molecule has 148 valence electrons. The summed E-state index contributed by atoms with van der Waals surface area (Å²) in [7, 11) is 2.83. The second-order valence-electron chi connectivity index (χ2n) is 6.43. The third-order valence-electron chi connectivity index (χ3n) is 4.39. The molecule has 0 radical (unpaired) electrons. The van der Waals surface area contributed by atoms with Crippen LogP contribution in [-0.2, 0) is 19.1 Å². The molecule has 0 N–H and O–H groups in total. The second kappa shape index (κ2) is 13.8. The molecule has 0 aromatic heterocycles. The van der Waals surface area contributed by atoms with Crippen molar-refractivity contribution in [1.29, 1.82) is 0 Å². The van der Waals surface area contributed by atoms with Crippen LogP contribution >= 0.6 is 0 Å². The highest BCUT2D eigenvalue weighted by Crippen LogP contribution is 2.25.